The fraction of sp³-hybridized carbons (Fsp3) is 0.375. The Morgan fingerprint density at radius 1 is 0.897 bits per heavy atom. The predicted octanol–water partition coefficient (Wildman–Crippen LogP) is 6.84. The number of rotatable bonds is 2. The van der Waals surface area contributed by atoms with E-state index in [1.54, 1.807) is 12.1 Å². The maximum Gasteiger partial charge on any atom is 0.416 e. The summed E-state index contributed by atoms with van der Waals surface area (Å²) in [6.45, 7) is 0. The first-order chi connectivity index (χ1) is 14.0. The molecule has 2 nitrogen and oxygen atoms in total. The molecule has 1 heterocycles. The quantitative estimate of drug-likeness (QED) is 0.491. The molecule has 2 aliphatic rings. The minimum Gasteiger partial charge on any atom is -0.353 e. The molecular weight excluding hydrogens is 373 g/mol. The molecule has 3 aromatic rings. The van der Waals surface area contributed by atoms with E-state index in [2.05, 4.69) is 17.1 Å². The topological polar surface area (TPSA) is 28.1 Å². The van der Waals surface area contributed by atoms with Crippen LogP contribution >= 0.6 is 0 Å². The highest BCUT2D eigenvalue weighted by molar-refractivity contribution is 6.10. The molecule has 1 saturated carbocycles. The smallest absolute Gasteiger partial charge is 0.353 e. The second-order valence-electron chi connectivity index (χ2n) is 8.20. The third kappa shape index (κ3) is 3.37. The predicted molar refractivity (Wildman–Crippen MR) is 110 cm³/mol. The van der Waals surface area contributed by atoms with Gasteiger partial charge in [0.05, 0.1) is 23.0 Å². The van der Waals surface area contributed by atoms with E-state index in [1.165, 1.54) is 37.0 Å². The van der Waals surface area contributed by atoms with Crippen molar-refractivity contribution >= 4 is 16.6 Å². The zero-order chi connectivity index (χ0) is 20.0. The van der Waals surface area contributed by atoms with Gasteiger partial charge in [-0.2, -0.15) is 13.2 Å². The molecule has 0 amide bonds. The van der Waals surface area contributed by atoms with Crippen molar-refractivity contribution in [1.29, 1.82) is 0 Å². The second-order valence-corrected chi connectivity index (χ2v) is 8.20. The Morgan fingerprint density at radius 3 is 2.34 bits per heavy atom. The second kappa shape index (κ2) is 7.05. The van der Waals surface area contributed by atoms with Crippen LogP contribution in [0.2, 0.25) is 0 Å². The zero-order valence-electron chi connectivity index (χ0n) is 16.1. The van der Waals surface area contributed by atoms with Crippen LogP contribution in [-0.2, 0) is 6.18 Å². The fourth-order valence-electron chi connectivity index (χ4n) is 4.89. The first-order valence-electron chi connectivity index (χ1n) is 10.4. The molecule has 0 bridgehead atoms. The van der Waals surface area contributed by atoms with Gasteiger partial charge in [-0.1, -0.05) is 49.6 Å². The molecule has 1 fully saturated rings. The van der Waals surface area contributed by atoms with Gasteiger partial charge in [-0.15, -0.1) is 0 Å². The Kier molecular flexibility index (Phi) is 4.49. The lowest BCUT2D eigenvalue weighted by Crippen LogP contribution is -2.13. The summed E-state index contributed by atoms with van der Waals surface area (Å²) >= 11 is 0. The highest BCUT2D eigenvalue weighted by Gasteiger charge is 2.35. The molecule has 5 heteroatoms. The van der Waals surface area contributed by atoms with E-state index in [0.29, 0.717) is 6.04 Å². The summed E-state index contributed by atoms with van der Waals surface area (Å²) < 4.78 is 39.0. The van der Waals surface area contributed by atoms with E-state index in [9.17, 15) is 13.2 Å². The van der Waals surface area contributed by atoms with E-state index in [-0.39, 0.29) is 5.92 Å². The molecule has 2 aliphatic carbocycles. The van der Waals surface area contributed by atoms with Gasteiger partial charge < -0.3 is 4.98 Å². The zero-order valence-corrected chi connectivity index (χ0v) is 16.1. The van der Waals surface area contributed by atoms with Gasteiger partial charge in [0, 0.05) is 23.2 Å². The van der Waals surface area contributed by atoms with E-state index >= 15 is 0 Å². The fourth-order valence-corrected chi connectivity index (χ4v) is 4.89. The van der Waals surface area contributed by atoms with Crippen molar-refractivity contribution in [2.45, 2.75) is 56.7 Å². The molecule has 0 spiro atoms. The van der Waals surface area contributed by atoms with Crippen LogP contribution in [0.15, 0.2) is 53.5 Å². The lowest BCUT2D eigenvalue weighted by molar-refractivity contribution is -0.137. The van der Waals surface area contributed by atoms with Crippen LogP contribution in [0.4, 0.5) is 13.2 Å². The summed E-state index contributed by atoms with van der Waals surface area (Å²) in [7, 11) is 0. The van der Waals surface area contributed by atoms with E-state index in [4.69, 9.17) is 4.99 Å². The van der Waals surface area contributed by atoms with Crippen LogP contribution in [0.1, 0.15) is 66.8 Å². The Bertz CT molecular complexity index is 1050. The van der Waals surface area contributed by atoms with Crippen LogP contribution in [-0.4, -0.2) is 16.7 Å². The number of alkyl halides is 3. The van der Waals surface area contributed by atoms with Gasteiger partial charge >= 0.3 is 6.18 Å². The molecule has 29 heavy (non-hydrogen) atoms. The maximum atomic E-state index is 13.0. The number of hydrogen-bond donors (Lipinski definition) is 1. The Hall–Kier alpha value is -2.56. The molecule has 1 atom stereocenters. The highest BCUT2D eigenvalue weighted by atomic mass is 19.4. The van der Waals surface area contributed by atoms with Crippen LogP contribution in [0.25, 0.3) is 10.9 Å². The van der Waals surface area contributed by atoms with Gasteiger partial charge in [-0.3, -0.25) is 4.99 Å². The monoisotopic (exact) mass is 396 g/mol. The highest BCUT2D eigenvalue weighted by Crippen LogP contribution is 2.43. The summed E-state index contributed by atoms with van der Waals surface area (Å²) in [5, 5.41) is 1.14. The average Bonchev–Trinajstić information content (AvgIpc) is 3.26. The number of nitrogens with one attached hydrogen (secondary N) is 1. The molecule has 1 unspecified atom stereocenters. The number of aromatic nitrogens is 1. The van der Waals surface area contributed by atoms with Crippen LogP contribution in [0.3, 0.4) is 0 Å². The third-order valence-electron chi connectivity index (χ3n) is 6.33. The number of para-hydroxylation sites is 1. The summed E-state index contributed by atoms with van der Waals surface area (Å²) in [5.74, 6) is 0.0331. The molecule has 2 aromatic carbocycles. The number of halogens is 3. The molecule has 0 aliphatic heterocycles. The van der Waals surface area contributed by atoms with Crippen molar-refractivity contribution in [2.24, 2.45) is 4.99 Å². The van der Waals surface area contributed by atoms with Crippen molar-refractivity contribution in [3.63, 3.8) is 0 Å². The van der Waals surface area contributed by atoms with Crippen molar-refractivity contribution in [3.8, 4) is 0 Å². The molecule has 1 N–H and O–H groups in total. The maximum absolute atomic E-state index is 13.0. The summed E-state index contributed by atoms with van der Waals surface area (Å²) in [5.41, 5.74) is 4.70. The molecule has 5 rings (SSSR count). The number of aromatic amines is 1. The van der Waals surface area contributed by atoms with Gasteiger partial charge in [0.15, 0.2) is 0 Å². The molecular formula is C24H23F3N2. The number of nitrogens with zero attached hydrogens (tertiary/aromatic N) is 1. The Morgan fingerprint density at radius 2 is 1.62 bits per heavy atom. The minimum atomic E-state index is -4.31. The van der Waals surface area contributed by atoms with Crippen molar-refractivity contribution < 1.29 is 13.2 Å². The number of fused-ring (bicyclic) bond motifs is 3. The van der Waals surface area contributed by atoms with Crippen LogP contribution in [0.5, 0.6) is 0 Å². The molecule has 150 valence electrons. The van der Waals surface area contributed by atoms with Crippen molar-refractivity contribution in [2.75, 3.05) is 0 Å². The van der Waals surface area contributed by atoms with Gasteiger partial charge in [0.1, 0.15) is 0 Å². The first-order valence-corrected chi connectivity index (χ1v) is 10.4. The van der Waals surface area contributed by atoms with Crippen molar-refractivity contribution in [3.05, 3.63) is 70.9 Å². The lowest BCUT2D eigenvalue weighted by atomic mass is 9.91. The standard InChI is InChI=1S/C24H23F3N2/c25-24(26,27)16-12-10-15(11-13-16)19-14-21(28-17-6-2-1-3-7-17)23-22(19)18-8-4-5-9-20(18)29-23/h4-5,8-13,17,19,29H,1-3,6-7,14H2. The van der Waals surface area contributed by atoms with Gasteiger partial charge in [-0.05, 0) is 42.2 Å². The summed E-state index contributed by atoms with van der Waals surface area (Å²) in [6, 6.07) is 14.2. The van der Waals surface area contributed by atoms with E-state index in [1.807, 2.05) is 12.1 Å². The van der Waals surface area contributed by atoms with E-state index < -0.39 is 11.7 Å². The Labute approximate surface area is 167 Å². The Balaban J connectivity index is 1.58. The summed E-state index contributed by atoms with van der Waals surface area (Å²) in [6.07, 6.45) is 2.43. The van der Waals surface area contributed by atoms with Gasteiger partial charge in [0.25, 0.3) is 0 Å². The third-order valence-corrected chi connectivity index (χ3v) is 6.33. The van der Waals surface area contributed by atoms with Crippen LogP contribution in [0, 0.1) is 0 Å². The number of H-pyrrole nitrogens is 1. The van der Waals surface area contributed by atoms with E-state index in [0.717, 1.165) is 47.1 Å². The van der Waals surface area contributed by atoms with Crippen LogP contribution < -0.4 is 0 Å². The number of hydrogen-bond acceptors (Lipinski definition) is 1. The number of aliphatic imine (C=N–C) groups is 1. The molecule has 0 saturated heterocycles. The first kappa shape index (κ1) is 18.5. The largest absolute Gasteiger partial charge is 0.416 e. The normalized spacial score (nSPS) is 21.8. The lowest BCUT2D eigenvalue weighted by Gasteiger charge is -2.18. The van der Waals surface area contributed by atoms with Gasteiger partial charge in [0.2, 0.25) is 0 Å². The van der Waals surface area contributed by atoms with Crippen molar-refractivity contribution in [1.82, 2.24) is 4.98 Å². The van der Waals surface area contributed by atoms with Gasteiger partial charge in [-0.25, -0.2) is 0 Å². The average molecular weight is 396 g/mol. The summed E-state index contributed by atoms with van der Waals surface area (Å²) in [4.78, 5) is 8.65. The molecule has 1 aromatic heterocycles. The minimum absolute atomic E-state index is 0.0331. The number of benzene rings is 2. The SMILES string of the molecule is FC(F)(F)c1ccc(C2CC(=NC3CCCCC3)c3[nH]c4ccccc4c32)cc1. The molecule has 0 radical (unpaired) electrons.